The van der Waals surface area contributed by atoms with Crippen LogP contribution in [0.25, 0.3) is 0 Å². The first kappa shape index (κ1) is 12.9. The highest BCUT2D eigenvalue weighted by Gasteiger charge is 2.29. The summed E-state index contributed by atoms with van der Waals surface area (Å²) in [6, 6.07) is 2.43. The Balaban J connectivity index is 3.18. The number of carbonyl (C=O) groups is 1. The third kappa shape index (κ3) is 2.68. The predicted octanol–water partition coefficient (Wildman–Crippen LogP) is 0.867. The summed E-state index contributed by atoms with van der Waals surface area (Å²) in [7, 11) is 0. The van der Waals surface area contributed by atoms with Crippen LogP contribution in [-0.4, -0.2) is 20.6 Å². The maximum absolute atomic E-state index is 11.6. The van der Waals surface area contributed by atoms with Gasteiger partial charge in [0.15, 0.2) is 0 Å². The summed E-state index contributed by atoms with van der Waals surface area (Å²) in [6.45, 7) is 2.77. The predicted molar refractivity (Wildman–Crippen MR) is 58.8 cm³/mol. The monoisotopic (exact) mass is 240 g/mol. The largest absolute Gasteiger partial charge is 0.481 e. The lowest BCUT2D eigenvalue weighted by atomic mass is 9.94. The molecule has 17 heavy (non-hydrogen) atoms. The van der Waals surface area contributed by atoms with Crippen molar-refractivity contribution in [2.45, 2.75) is 20.4 Å². The number of nitro groups is 1. The molecule has 0 saturated heterocycles. The van der Waals surface area contributed by atoms with Crippen LogP contribution in [0.1, 0.15) is 13.8 Å². The number of pyridine rings is 1. The van der Waals surface area contributed by atoms with Crippen LogP contribution < -0.4 is 5.56 Å². The molecule has 1 N–H and O–H groups in total. The van der Waals surface area contributed by atoms with Crippen molar-refractivity contribution in [3.05, 3.63) is 38.8 Å². The van der Waals surface area contributed by atoms with Crippen LogP contribution in [0.4, 0.5) is 5.69 Å². The van der Waals surface area contributed by atoms with Gasteiger partial charge in [-0.2, -0.15) is 0 Å². The Morgan fingerprint density at radius 1 is 1.59 bits per heavy atom. The Labute approximate surface area is 96.5 Å². The minimum Gasteiger partial charge on any atom is -0.481 e. The summed E-state index contributed by atoms with van der Waals surface area (Å²) in [6.07, 6.45) is 1.33. The number of hydrogen-bond donors (Lipinski definition) is 1. The van der Waals surface area contributed by atoms with E-state index in [1.165, 1.54) is 26.1 Å². The van der Waals surface area contributed by atoms with Crippen molar-refractivity contribution in [3.63, 3.8) is 0 Å². The van der Waals surface area contributed by atoms with Gasteiger partial charge in [-0.05, 0) is 19.9 Å². The number of aromatic nitrogens is 1. The van der Waals surface area contributed by atoms with E-state index in [1.807, 2.05) is 0 Å². The Morgan fingerprint density at radius 3 is 2.65 bits per heavy atom. The molecule has 1 rings (SSSR count). The minimum atomic E-state index is -1.17. The number of nitrogens with zero attached hydrogens (tertiary/aromatic N) is 2. The van der Waals surface area contributed by atoms with E-state index in [2.05, 4.69) is 0 Å². The van der Waals surface area contributed by atoms with Gasteiger partial charge in [-0.1, -0.05) is 0 Å². The second-order valence-corrected chi connectivity index (χ2v) is 4.27. The molecular formula is C10H12N2O5. The smallest absolute Gasteiger partial charge is 0.334 e. The summed E-state index contributed by atoms with van der Waals surface area (Å²) in [5.41, 5.74) is -2.53. The topological polar surface area (TPSA) is 102 Å². The molecule has 7 nitrogen and oxygen atoms in total. The Bertz CT molecular complexity index is 518. The zero-order valence-corrected chi connectivity index (χ0v) is 9.41. The minimum absolute atomic E-state index is 0.122. The average molecular weight is 240 g/mol. The van der Waals surface area contributed by atoms with Gasteiger partial charge in [0.2, 0.25) is 0 Å². The first-order valence-corrected chi connectivity index (χ1v) is 4.83. The molecule has 0 saturated carbocycles. The summed E-state index contributed by atoms with van der Waals surface area (Å²) >= 11 is 0. The third-order valence-corrected chi connectivity index (χ3v) is 2.34. The van der Waals surface area contributed by atoms with E-state index in [-0.39, 0.29) is 6.54 Å². The Morgan fingerprint density at radius 2 is 2.18 bits per heavy atom. The van der Waals surface area contributed by atoms with Gasteiger partial charge in [0, 0.05) is 18.8 Å². The molecule has 1 heterocycles. The quantitative estimate of drug-likeness (QED) is 0.621. The summed E-state index contributed by atoms with van der Waals surface area (Å²) in [5, 5.41) is 19.5. The number of carboxylic acids is 1. The van der Waals surface area contributed by atoms with Gasteiger partial charge in [0.25, 0.3) is 0 Å². The van der Waals surface area contributed by atoms with Crippen molar-refractivity contribution in [2.24, 2.45) is 5.41 Å². The van der Waals surface area contributed by atoms with Crippen molar-refractivity contribution < 1.29 is 14.8 Å². The van der Waals surface area contributed by atoms with Crippen molar-refractivity contribution in [3.8, 4) is 0 Å². The summed E-state index contributed by atoms with van der Waals surface area (Å²) in [4.78, 5) is 32.3. The molecule has 0 aliphatic carbocycles. The van der Waals surface area contributed by atoms with Gasteiger partial charge in [-0.3, -0.25) is 19.7 Å². The van der Waals surface area contributed by atoms with E-state index < -0.39 is 27.6 Å². The number of aliphatic carboxylic acids is 1. The van der Waals surface area contributed by atoms with Crippen molar-refractivity contribution in [2.75, 3.05) is 0 Å². The lowest BCUT2D eigenvalue weighted by Crippen LogP contribution is -2.34. The molecule has 1 aromatic heterocycles. The first-order valence-electron chi connectivity index (χ1n) is 4.83. The molecule has 0 amide bonds. The molecule has 0 aliphatic rings. The summed E-state index contributed by atoms with van der Waals surface area (Å²) < 4.78 is 1.03. The fraction of sp³-hybridized carbons (Fsp3) is 0.400. The van der Waals surface area contributed by atoms with E-state index in [0.29, 0.717) is 0 Å². The van der Waals surface area contributed by atoms with E-state index in [4.69, 9.17) is 5.11 Å². The van der Waals surface area contributed by atoms with Crippen LogP contribution in [0.3, 0.4) is 0 Å². The van der Waals surface area contributed by atoms with Gasteiger partial charge in [0.1, 0.15) is 0 Å². The second-order valence-electron chi connectivity index (χ2n) is 4.27. The number of rotatable bonds is 4. The average Bonchev–Trinajstić information content (AvgIpc) is 2.20. The molecule has 0 bridgehead atoms. The fourth-order valence-corrected chi connectivity index (χ4v) is 1.28. The SMILES string of the molecule is CC(C)(Cn1cccc([N+](=O)[O-])c1=O)C(=O)O. The van der Waals surface area contributed by atoms with Gasteiger partial charge >= 0.3 is 17.2 Å². The zero-order chi connectivity index (χ0) is 13.2. The van der Waals surface area contributed by atoms with E-state index >= 15 is 0 Å². The molecule has 0 fully saturated rings. The van der Waals surface area contributed by atoms with E-state index in [9.17, 15) is 19.7 Å². The molecular weight excluding hydrogens is 228 g/mol. The van der Waals surface area contributed by atoms with Crippen LogP contribution in [0, 0.1) is 15.5 Å². The zero-order valence-electron chi connectivity index (χ0n) is 9.41. The molecule has 1 aromatic rings. The van der Waals surface area contributed by atoms with Crippen molar-refractivity contribution in [1.29, 1.82) is 0 Å². The molecule has 0 aromatic carbocycles. The second kappa shape index (κ2) is 4.36. The summed E-state index contributed by atoms with van der Waals surface area (Å²) in [5.74, 6) is -1.07. The van der Waals surface area contributed by atoms with Crippen molar-refractivity contribution >= 4 is 11.7 Å². The fourth-order valence-electron chi connectivity index (χ4n) is 1.28. The highest BCUT2D eigenvalue weighted by Crippen LogP contribution is 2.17. The van der Waals surface area contributed by atoms with Crippen LogP contribution in [0.15, 0.2) is 23.1 Å². The molecule has 0 spiro atoms. The van der Waals surface area contributed by atoms with Gasteiger partial charge in [-0.15, -0.1) is 0 Å². The maximum Gasteiger partial charge on any atom is 0.334 e. The first-order chi connectivity index (χ1) is 7.75. The number of carboxylic acid groups (broad SMARTS) is 1. The number of hydrogen-bond acceptors (Lipinski definition) is 4. The normalized spacial score (nSPS) is 11.2. The van der Waals surface area contributed by atoms with Crippen LogP contribution >= 0.6 is 0 Å². The Hall–Kier alpha value is -2.18. The molecule has 0 aliphatic heterocycles. The molecule has 0 unspecified atom stereocenters. The molecule has 0 radical (unpaired) electrons. The molecule has 92 valence electrons. The highest BCUT2D eigenvalue weighted by molar-refractivity contribution is 5.73. The Kier molecular flexibility index (Phi) is 3.31. The van der Waals surface area contributed by atoms with Gasteiger partial charge in [0.05, 0.1) is 10.3 Å². The van der Waals surface area contributed by atoms with Crippen molar-refractivity contribution in [1.82, 2.24) is 4.57 Å². The third-order valence-electron chi connectivity index (χ3n) is 2.34. The van der Waals surface area contributed by atoms with Crippen LogP contribution in [0.5, 0.6) is 0 Å². The van der Waals surface area contributed by atoms with E-state index in [0.717, 1.165) is 10.6 Å². The van der Waals surface area contributed by atoms with Crippen LogP contribution in [0.2, 0.25) is 0 Å². The maximum atomic E-state index is 11.6. The van der Waals surface area contributed by atoms with E-state index in [1.54, 1.807) is 0 Å². The molecule has 0 atom stereocenters. The highest BCUT2D eigenvalue weighted by atomic mass is 16.6. The van der Waals surface area contributed by atoms with Crippen LogP contribution in [-0.2, 0) is 11.3 Å². The lowest BCUT2D eigenvalue weighted by molar-refractivity contribution is -0.386. The van der Waals surface area contributed by atoms with Gasteiger partial charge in [-0.25, -0.2) is 0 Å². The lowest BCUT2D eigenvalue weighted by Gasteiger charge is -2.19. The standard InChI is InChI=1S/C10H12N2O5/c1-10(2,9(14)15)6-11-5-3-4-7(8(11)13)12(16)17/h3-5H,6H2,1-2H3,(H,14,15). The molecule has 7 heteroatoms. The van der Waals surface area contributed by atoms with Gasteiger partial charge < -0.3 is 9.67 Å².